The highest BCUT2D eigenvalue weighted by Crippen LogP contribution is 2.37. The molecular formula is C16H19NO5S. The lowest BCUT2D eigenvalue weighted by Gasteiger charge is -2.06. The van der Waals surface area contributed by atoms with Crippen LogP contribution in [0.3, 0.4) is 0 Å². The van der Waals surface area contributed by atoms with Gasteiger partial charge in [-0.1, -0.05) is 6.42 Å². The number of fused-ring (bicyclic) bond motifs is 1. The molecule has 1 heterocycles. The Morgan fingerprint density at radius 1 is 1.22 bits per heavy atom. The zero-order valence-corrected chi connectivity index (χ0v) is 13.9. The molecule has 1 aliphatic rings. The molecule has 6 nitrogen and oxygen atoms in total. The minimum Gasteiger partial charge on any atom is -0.478 e. The lowest BCUT2D eigenvalue weighted by Crippen LogP contribution is -2.13. The molecule has 0 aliphatic heterocycles. The number of amides is 1. The van der Waals surface area contributed by atoms with Crippen molar-refractivity contribution < 1.29 is 24.2 Å². The van der Waals surface area contributed by atoms with Gasteiger partial charge in [0.05, 0.1) is 12.7 Å². The van der Waals surface area contributed by atoms with Crippen LogP contribution >= 0.6 is 11.3 Å². The van der Waals surface area contributed by atoms with Gasteiger partial charge in [0, 0.05) is 16.5 Å². The average Bonchev–Trinajstić information content (AvgIpc) is 2.68. The first-order valence-corrected chi connectivity index (χ1v) is 8.21. The number of nitrogens with one attached hydrogen (secondary N) is 1. The summed E-state index contributed by atoms with van der Waals surface area (Å²) in [4.78, 5) is 36.0. The predicted octanol–water partition coefficient (Wildman–Crippen LogP) is 2.77. The van der Waals surface area contributed by atoms with Crippen LogP contribution in [0.25, 0.3) is 0 Å². The number of aliphatic carboxylic acids is 1. The van der Waals surface area contributed by atoms with Gasteiger partial charge in [-0.25, -0.2) is 9.59 Å². The van der Waals surface area contributed by atoms with E-state index in [-0.39, 0.29) is 5.57 Å². The Kier molecular flexibility index (Phi) is 5.54. The molecule has 0 aromatic carbocycles. The van der Waals surface area contributed by atoms with E-state index >= 15 is 0 Å². The van der Waals surface area contributed by atoms with Gasteiger partial charge < -0.3 is 15.2 Å². The molecule has 124 valence electrons. The number of hydrogen-bond acceptors (Lipinski definition) is 5. The summed E-state index contributed by atoms with van der Waals surface area (Å²) < 4.78 is 4.85. The average molecular weight is 337 g/mol. The Morgan fingerprint density at radius 2 is 1.91 bits per heavy atom. The third-order valence-corrected chi connectivity index (χ3v) is 4.94. The van der Waals surface area contributed by atoms with Gasteiger partial charge in [-0.3, -0.25) is 4.79 Å². The molecule has 1 aliphatic carbocycles. The molecule has 0 radical (unpaired) electrons. The van der Waals surface area contributed by atoms with Crippen molar-refractivity contribution in [3.8, 4) is 0 Å². The van der Waals surface area contributed by atoms with Crippen LogP contribution in [-0.4, -0.2) is 30.1 Å². The van der Waals surface area contributed by atoms with Crippen LogP contribution in [0, 0.1) is 0 Å². The smallest absolute Gasteiger partial charge is 0.341 e. The number of carboxylic acids is 1. The van der Waals surface area contributed by atoms with Crippen LogP contribution < -0.4 is 5.32 Å². The van der Waals surface area contributed by atoms with Gasteiger partial charge >= 0.3 is 11.9 Å². The van der Waals surface area contributed by atoms with Crippen molar-refractivity contribution in [2.45, 2.75) is 39.0 Å². The minimum atomic E-state index is -1.16. The zero-order chi connectivity index (χ0) is 17.0. The van der Waals surface area contributed by atoms with Crippen LogP contribution in [0.2, 0.25) is 0 Å². The molecular weight excluding hydrogens is 318 g/mol. The number of carbonyl (C=O) groups is 3. The van der Waals surface area contributed by atoms with E-state index in [1.807, 2.05) is 0 Å². The van der Waals surface area contributed by atoms with Crippen molar-refractivity contribution >= 4 is 34.2 Å². The molecule has 7 heteroatoms. The van der Waals surface area contributed by atoms with Crippen molar-refractivity contribution in [3.05, 3.63) is 27.7 Å². The largest absolute Gasteiger partial charge is 0.478 e. The summed E-state index contributed by atoms with van der Waals surface area (Å²) in [5, 5.41) is 11.9. The quantitative estimate of drug-likeness (QED) is 0.501. The molecule has 1 aromatic rings. The fourth-order valence-corrected chi connectivity index (χ4v) is 3.84. The van der Waals surface area contributed by atoms with E-state index in [0.29, 0.717) is 10.6 Å². The number of methoxy groups -OCH3 is 1. The minimum absolute atomic E-state index is 0.0692. The second-order valence-electron chi connectivity index (χ2n) is 5.38. The summed E-state index contributed by atoms with van der Waals surface area (Å²) in [6.45, 7) is 1.34. The lowest BCUT2D eigenvalue weighted by molar-refractivity contribution is -0.132. The molecule has 0 saturated heterocycles. The van der Waals surface area contributed by atoms with Gasteiger partial charge in [-0.05, 0) is 38.2 Å². The second kappa shape index (κ2) is 7.41. The van der Waals surface area contributed by atoms with Gasteiger partial charge in [0.1, 0.15) is 5.00 Å². The van der Waals surface area contributed by atoms with Crippen molar-refractivity contribution in [3.63, 3.8) is 0 Å². The maximum atomic E-state index is 12.1. The molecule has 0 spiro atoms. The highest BCUT2D eigenvalue weighted by molar-refractivity contribution is 7.17. The number of esters is 1. The number of thiophene rings is 1. The highest BCUT2D eigenvalue weighted by Gasteiger charge is 2.26. The van der Waals surface area contributed by atoms with Crippen LogP contribution in [0.4, 0.5) is 5.00 Å². The van der Waals surface area contributed by atoms with Crippen LogP contribution in [-0.2, 0) is 27.2 Å². The van der Waals surface area contributed by atoms with Crippen LogP contribution in [0.15, 0.2) is 11.6 Å². The molecule has 2 N–H and O–H groups in total. The standard InChI is InChI=1S/C16H19NO5S/c1-9(15(19)20)8-12(18)17-14-13(16(21)22-2)10-6-4-3-5-7-11(10)23-14/h8H,3-7H2,1-2H3,(H,17,18)(H,19,20)/b9-8+. The maximum Gasteiger partial charge on any atom is 0.341 e. The topological polar surface area (TPSA) is 92.7 Å². The van der Waals surface area contributed by atoms with E-state index < -0.39 is 17.8 Å². The first-order valence-electron chi connectivity index (χ1n) is 7.39. The third kappa shape index (κ3) is 3.98. The summed E-state index contributed by atoms with van der Waals surface area (Å²) in [7, 11) is 1.31. The molecule has 0 unspecified atom stereocenters. The van der Waals surface area contributed by atoms with Gasteiger partial charge in [-0.2, -0.15) is 0 Å². The number of carbonyl (C=O) groups excluding carboxylic acids is 2. The lowest BCUT2D eigenvalue weighted by atomic mass is 10.1. The fourth-order valence-electron chi connectivity index (χ4n) is 2.56. The predicted molar refractivity (Wildman–Crippen MR) is 86.9 cm³/mol. The molecule has 1 amide bonds. The van der Waals surface area contributed by atoms with Crippen molar-refractivity contribution in [2.75, 3.05) is 12.4 Å². The van der Waals surface area contributed by atoms with Gasteiger partial charge in [0.25, 0.3) is 0 Å². The Hall–Kier alpha value is -2.15. The normalized spacial score (nSPS) is 14.6. The van der Waals surface area contributed by atoms with Crippen molar-refractivity contribution in [1.82, 2.24) is 0 Å². The summed E-state index contributed by atoms with van der Waals surface area (Å²) in [5.74, 6) is -2.19. The Balaban J connectivity index is 2.34. The third-order valence-electron chi connectivity index (χ3n) is 3.73. The first kappa shape index (κ1) is 17.2. The fraction of sp³-hybridized carbons (Fsp3) is 0.438. The number of rotatable bonds is 4. The highest BCUT2D eigenvalue weighted by atomic mass is 32.1. The number of carboxylic acid groups (broad SMARTS) is 1. The Bertz CT molecular complexity index is 674. The summed E-state index contributed by atoms with van der Waals surface area (Å²) in [6.07, 6.45) is 5.84. The van der Waals surface area contributed by atoms with Crippen LogP contribution in [0.1, 0.15) is 47.0 Å². The Labute approximate surface area is 138 Å². The molecule has 0 atom stereocenters. The first-order chi connectivity index (χ1) is 10.9. The van der Waals surface area contributed by atoms with Gasteiger partial charge in [-0.15, -0.1) is 11.3 Å². The van der Waals surface area contributed by atoms with Crippen molar-refractivity contribution in [2.24, 2.45) is 0 Å². The van der Waals surface area contributed by atoms with E-state index in [9.17, 15) is 14.4 Å². The van der Waals surface area contributed by atoms with Crippen LogP contribution in [0.5, 0.6) is 0 Å². The van der Waals surface area contributed by atoms with E-state index in [1.165, 1.54) is 25.4 Å². The maximum absolute atomic E-state index is 12.1. The molecule has 0 bridgehead atoms. The SMILES string of the molecule is COC(=O)c1c(NC(=O)/C=C(\C)C(=O)O)sc2c1CCCCC2. The van der Waals surface area contributed by atoms with E-state index in [0.717, 1.165) is 48.6 Å². The zero-order valence-electron chi connectivity index (χ0n) is 13.1. The summed E-state index contributed by atoms with van der Waals surface area (Å²) in [5.41, 5.74) is 1.29. The number of hydrogen-bond donors (Lipinski definition) is 2. The number of ether oxygens (including phenoxy) is 1. The molecule has 0 fully saturated rings. The molecule has 0 saturated carbocycles. The monoisotopic (exact) mass is 337 g/mol. The van der Waals surface area contributed by atoms with Gasteiger partial charge in [0.15, 0.2) is 0 Å². The molecule has 1 aromatic heterocycles. The van der Waals surface area contributed by atoms with Crippen molar-refractivity contribution in [1.29, 1.82) is 0 Å². The number of aryl methyl sites for hydroxylation is 1. The molecule has 23 heavy (non-hydrogen) atoms. The van der Waals surface area contributed by atoms with Gasteiger partial charge in [0.2, 0.25) is 5.91 Å². The summed E-state index contributed by atoms with van der Waals surface area (Å²) in [6, 6.07) is 0. The summed E-state index contributed by atoms with van der Waals surface area (Å²) >= 11 is 1.37. The van der Waals surface area contributed by atoms with E-state index in [1.54, 1.807) is 0 Å². The Morgan fingerprint density at radius 3 is 2.57 bits per heavy atom. The molecule has 2 rings (SSSR count). The second-order valence-corrected chi connectivity index (χ2v) is 6.49. The van der Waals surface area contributed by atoms with E-state index in [4.69, 9.17) is 9.84 Å². The van der Waals surface area contributed by atoms with E-state index in [2.05, 4.69) is 5.32 Å². The number of anilines is 1.